The Morgan fingerprint density at radius 3 is 2.39 bits per heavy atom. The topological polar surface area (TPSA) is 25.8 Å². The van der Waals surface area contributed by atoms with Crippen LogP contribution >= 0.6 is 22.9 Å². The summed E-state index contributed by atoms with van der Waals surface area (Å²) in [6, 6.07) is 16.0. The van der Waals surface area contributed by atoms with Gasteiger partial charge >= 0.3 is 0 Å². The van der Waals surface area contributed by atoms with Gasteiger partial charge in [0.15, 0.2) is 0 Å². The highest BCUT2D eigenvalue weighted by Gasteiger charge is 2.07. The molecule has 0 aliphatic heterocycles. The summed E-state index contributed by atoms with van der Waals surface area (Å²) in [6.07, 6.45) is 0. The third-order valence-corrected chi connectivity index (χ3v) is 3.60. The number of thiophene rings is 1. The quantitative estimate of drug-likeness (QED) is 0.641. The second kappa shape index (κ2) is 4.88. The van der Waals surface area contributed by atoms with E-state index in [1.54, 1.807) is 11.3 Å². The van der Waals surface area contributed by atoms with Gasteiger partial charge in [0.25, 0.3) is 0 Å². The van der Waals surface area contributed by atoms with Crippen LogP contribution in [-0.4, -0.2) is 9.97 Å². The monoisotopic (exact) mass is 272 g/mol. The molecule has 88 valence electrons. The van der Waals surface area contributed by atoms with Crippen LogP contribution in [0.4, 0.5) is 0 Å². The Balaban J connectivity index is 2.12. The molecule has 18 heavy (non-hydrogen) atoms. The molecule has 0 radical (unpaired) electrons. The molecule has 2 nitrogen and oxygen atoms in total. The summed E-state index contributed by atoms with van der Waals surface area (Å²) in [4.78, 5) is 9.63. The average Bonchev–Trinajstić information content (AvgIpc) is 2.93. The van der Waals surface area contributed by atoms with Gasteiger partial charge in [-0.2, -0.15) is 0 Å². The fraction of sp³-hybridized carbons (Fsp3) is 0. The molecule has 0 fully saturated rings. The second-order valence-corrected chi connectivity index (χ2v) is 5.04. The molecule has 0 atom stereocenters. The van der Waals surface area contributed by atoms with Crippen LogP contribution in [0, 0.1) is 0 Å². The van der Waals surface area contributed by atoms with E-state index in [0.717, 1.165) is 21.8 Å². The van der Waals surface area contributed by atoms with Crippen molar-refractivity contribution in [2.24, 2.45) is 0 Å². The van der Waals surface area contributed by atoms with Crippen LogP contribution in [0.2, 0.25) is 5.28 Å². The first-order valence-corrected chi connectivity index (χ1v) is 6.72. The molecule has 0 aliphatic carbocycles. The summed E-state index contributed by atoms with van der Waals surface area (Å²) in [6.45, 7) is 0. The van der Waals surface area contributed by atoms with E-state index in [9.17, 15) is 0 Å². The van der Waals surface area contributed by atoms with Gasteiger partial charge < -0.3 is 0 Å². The Morgan fingerprint density at radius 2 is 1.67 bits per heavy atom. The van der Waals surface area contributed by atoms with Crippen LogP contribution < -0.4 is 0 Å². The maximum Gasteiger partial charge on any atom is 0.223 e. The number of nitrogens with zero attached hydrogens (tertiary/aromatic N) is 2. The van der Waals surface area contributed by atoms with E-state index >= 15 is 0 Å². The van der Waals surface area contributed by atoms with E-state index in [4.69, 9.17) is 11.6 Å². The van der Waals surface area contributed by atoms with Crippen molar-refractivity contribution in [3.05, 3.63) is 59.2 Å². The first kappa shape index (κ1) is 11.4. The molecule has 1 aromatic carbocycles. The number of halogens is 1. The van der Waals surface area contributed by atoms with E-state index in [0.29, 0.717) is 0 Å². The van der Waals surface area contributed by atoms with Crippen molar-refractivity contribution in [2.75, 3.05) is 0 Å². The van der Waals surface area contributed by atoms with Gasteiger partial charge in [-0.15, -0.1) is 11.3 Å². The van der Waals surface area contributed by atoms with Crippen LogP contribution in [0.15, 0.2) is 53.9 Å². The Kier molecular flexibility index (Phi) is 3.09. The lowest BCUT2D eigenvalue weighted by Gasteiger charge is -2.03. The predicted octanol–water partition coefficient (Wildman–Crippen LogP) is 4.53. The van der Waals surface area contributed by atoms with Crippen LogP contribution in [0.25, 0.3) is 21.8 Å². The van der Waals surface area contributed by atoms with Gasteiger partial charge in [-0.3, -0.25) is 0 Å². The van der Waals surface area contributed by atoms with Crippen molar-refractivity contribution < 1.29 is 0 Å². The summed E-state index contributed by atoms with van der Waals surface area (Å²) in [5.74, 6) is 0. The van der Waals surface area contributed by atoms with Gasteiger partial charge in [-0.25, -0.2) is 9.97 Å². The number of hydrogen-bond donors (Lipinski definition) is 0. The third kappa shape index (κ3) is 2.28. The van der Waals surface area contributed by atoms with E-state index < -0.39 is 0 Å². The van der Waals surface area contributed by atoms with E-state index in [2.05, 4.69) is 9.97 Å². The standard InChI is InChI=1S/C14H9ClN2S/c15-14-16-11(10-5-2-1-3-6-10)9-12(17-14)13-7-4-8-18-13/h1-9H. The van der Waals surface area contributed by atoms with Gasteiger partial charge in [0.05, 0.1) is 16.3 Å². The lowest BCUT2D eigenvalue weighted by atomic mass is 10.1. The zero-order valence-electron chi connectivity index (χ0n) is 9.38. The fourth-order valence-corrected chi connectivity index (χ4v) is 2.59. The van der Waals surface area contributed by atoms with Gasteiger partial charge in [0.2, 0.25) is 5.28 Å². The molecule has 0 amide bonds. The highest BCUT2D eigenvalue weighted by molar-refractivity contribution is 7.13. The lowest BCUT2D eigenvalue weighted by molar-refractivity contribution is 1.18. The van der Waals surface area contributed by atoms with Crippen molar-refractivity contribution in [1.82, 2.24) is 9.97 Å². The zero-order valence-corrected chi connectivity index (χ0v) is 10.9. The Morgan fingerprint density at radius 1 is 0.889 bits per heavy atom. The van der Waals surface area contributed by atoms with E-state index in [1.165, 1.54) is 0 Å². The second-order valence-electron chi connectivity index (χ2n) is 3.75. The summed E-state index contributed by atoms with van der Waals surface area (Å²) in [7, 11) is 0. The van der Waals surface area contributed by atoms with Crippen molar-refractivity contribution in [3.8, 4) is 21.8 Å². The number of benzene rings is 1. The van der Waals surface area contributed by atoms with Gasteiger partial charge in [-0.1, -0.05) is 36.4 Å². The zero-order chi connectivity index (χ0) is 12.4. The summed E-state index contributed by atoms with van der Waals surface area (Å²) < 4.78 is 0. The molecule has 0 spiro atoms. The minimum Gasteiger partial charge on any atom is -0.218 e. The normalized spacial score (nSPS) is 10.5. The molecular weight excluding hydrogens is 264 g/mol. The molecule has 3 aromatic rings. The van der Waals surface area contributed by atoms with E-state index in [-0.39, 0.29) is 5.28 Å². The molecule has 2 aromatic heterocycles. The predicted molar refractivity (Wildman–Crippen MR) is 75.8 cm³/mol. The van der Waals surface area contributed by atoms with Gasteiger partial charge in [0, 0.05) is 5.56 Å². The minimum atomic E-state index is 0.278. The summed E-state index contributed by atoms with van der Waals surface area (Å²) in [5.41, 5.74) is 2.75. The van der Waals surface area contributed by atoms with Crippen LogP contribution in [0.5, 0.6) is 0 Å². The number of rotatable bonds is 2. The highest BCUT2D eigenvalue weighted by atomic mass is 35.5. The van der Waals surface area contributed by atoms with Crippen molar-refractivity contribution in [3.63, 3.8) is 0 Å². The average molecular weight is 273 g/mol. The summed E-state index contributed by atoms with van der Waals surface area (Å²) >= 11 is 7.64. The van der Waals surface area contributed by atoms with Crippen LogP contribution in [0.3, 0.4) is 0 Å². The molecule has 0 saturated carbocycles. The molecule has 0 saturated heterocycles. The molecule has 0 N–H and O–H groups in total. The minimum absolute atomic E-state index is 0.278. The first-order valence-electron chi connectivity index (χ1n) is 5.47. The SMILES string of the molecule is Clc1nc(-c2ccccc2)cc(-c2cccs2)n1. The fourth-order valence-electron chi connectivity index (χ4n) is 1.73. The molecule has 3 rings (SSSR count). The lowest BCUT2D eigenvalue weighted by Crippen LogP contribution is -1.90. The van der Waals surface area contributed by atoms with Crippen molar-refractivity contribution >= 4 is 22.9 Å². The first-order chi connectivity index (χ1) is 8.83. The van der Waals surface area contributed by atoms with Gasteiger partial charge in [0.1, 0.15) is 0 Å². The molecule has 0 aliphatic rings. The Hall–Kier alpha value is -1.71. The molecular formula is C14H9ClN2S. The summed E-state index contributed by atoms with van der Waals surface area (Å²) in [5, 5.41) is 2.30. The number of hydrogen-bond acceptors (Lipinski definition) is 3. The Labute approximate surface area is 114 Å². The molecule has 4 heteroatoms. The van der Waals surface area contributed by atoms with Crippen molar-refractivity contribution in [1.29, 1.82) is 0 Å². The van der Waals surface area contributed by atoms with Crippen molar-refractivity contribution in [2.45, 2.75) is 0 Å². The molecule has 0 unspecified atom stereocenters. The Bertz CT molecular complexity index is 651. The number of aromatic nitrogens is 2. The van der Waals surface area contributed by atoms with E-state index in [1.807, 2.05) is 53.9 Å². The smallest absolute Gasteiger partial charge is 0.218 e. The third-order valence-electron chi connectivity index (χ3n) is 2.54. The largest absolute Gasteiger partial charge is 0.223 e. The molecule has 0 bridgehead atoms. The molecule has 2 heterocycles. The van der Waals surface area contributed by atoms with Crippen LogP contribution in [-0.2, 0) is 0 Å². The maximum absolute atomic E-state index is 6.00. The maximum atomic E-state index is 6.00. The van der Waals surface area contributed by atoms with Gasteiger partial charge in [-0.05, 0) is 29.1 Å². The van der Waals surface area contributed by atoms with Crippen LogP contribution in [0.1, 0.15) is 0 Å². The highest BCUT2D eigenvalue weighted by Crippen LogP contribution is 2.27.